The van der Waals surface area contributed by atoms with E-state index in [1.165, 1.54) is 11.2 Å². The highest BCUT2D eigenvalue weighted by Crippen LogP contribution is 2.10. The number of carbonyl (C=O) groups is 2. The zero-order valence-electron chi connectivity index (χ0n) is 6.90. The van der Waals surface area contributed by atoms with Crippen molar-refractivity contribution in [1.82, 2.24) is 10.1 Å². The summed E-state index contributed by atoms with van der Waals surface area (Å²) in [5, 5.41) is 3.66. The first-order valence-electron chi connectivity index (χ1n) is 3.99. The van der Waals surface area contributed by atoms with Gasteiger partial charge < -0.3 is 9.42 Å². The summed E-state index contributed by atoms with van der Waals surface area (Å²) in [6.45, 7) is 0.853. The van der Waals surface area contributed by atoms with Crippen LogP contribution in [0.25, 0.3) is 0 Å². The highest BCUT2D eigenvalue weighted by atomic mass is 16.5. The standard InChI is InChI=1S/C8H8N2O3/c11-7-1-3-10(8(7)12)5-6-2-4-13-9-6/h2,4H,1,3,5H2. The third-order valence-corrected chi connectivity index (χ3v) is 1.98. The molecule has 1 fully saturated rings. The number of carbonyl (C=O) groups excluding carboxylic acids is 2. The minimum atomic E-state index is -0.414. The Bertz CT molecular complexity index is 331. The maximum absolute atomic E-state index is 11.1. The molecule has 5 heteroatoms. The normalized spacial score (nSPS) is 17.1. The van der Waals surface area contributed by atoms with Gasteiger partial charge in [-0.15, -0.1) is 0 Å². The Morgan fingerprint density at radius 1 is 1.54 bits per heavy atom. The first-order valence-corrected chi connectivity index (χ1v) is 3.99. The van der Waals surface area contributed by atoms with Gasteiger partial charge in [0.1, 0.15) is 12.0 Å². The van der Waals surface area contributed by atoms with Crippen LogP contribution >= 0.6 is 0 Å². The molecule has 0 saturated carbocycles. The molecule has 1 saturated heterocycles. The molecule has 0 aromatic carbocycles. The monoisotopic (exact) mass is 180 g/mol. The highest BCUT2D eigenvalue weighted by Gasteiger charge is 2.29. The van der Waals surface area contributed by atoms with Crippen molar-refractivity contribution in [2.45, 2.75) is 13.0 Å². The van der Waals surface area contributed by atoms with Crippen molar-refractivity contribution < 1.29 is 14.1 Å². The molecule has 0 atom stereocenters. The van der Waals surface area contributed by atoms with Gasteiger partial charge in [0.25, 0.3) is 5.91 Å². The van der Waals surface area contributed by atoms with Gasteiger partial charge in [0.15, 0.2) is 0 Å². The SMILES string of the molecule is O=C1CCN(Cc2ccon2)C1=O. The zero-order valence-corrected chi connectivity index (χ0v) is 6.90. The fraction of sp³-hybridized carbons (Fsp3) is 0.375. The Labute approximate surface area is 74.3 Å². The summed E-state index contributed by atoms with van der Waals surface area (Å²) >= 11 is 0. The van der Waals surface area contributed by atoms with Crippen molar-refractivity contribution in [3.63, 3.8) is 0 Å². The van der Waals surface area contributed by atoms with E-state index < -0.39 is 5.91 Å². The molecule has 0 aliphatic carbocycles. The molecule has 1 aliphatic heterocycles. The Morgan fingerprint density at radius 2 is 2.38 bits per heavy atom. The van der Waals surface area contributed by atoms with Gasteiger partial charge in [-0.1, -0.05) is 5.16 Å². The minimum absolute atomic E-state index is 0.316. The van der Waals surface area contributed by atoms with Gasteiger partial charge in [-0.3, -0.25) is 9.59 Å². The Morgan fingerprint density at radius 3 is 2.92 bits per heavy atom. The average Bonchev–Trinajstić information content (AvgIpc) is 2.71. The van der Waals surface area contributed by atoms with Gasteiger partial charge >= 0.3 is 0 Å². The van der Waals surface area contributed by atoms with Crippen molar-refractivity contribution in [3.05, 3.63) is 18.0 Å². The van der Waals surface area contributed by atoms with Crippen LogP contribution in [0.2, 0.25) is 0 Å². The minimum Gasteiger partial charge on any atom is -0.364 e. The van der Waals surface area contributed by atoms with Crippen molar-refractivity contribution >= 4 is 11.7 Å². The number of aromatic nitrogens is 1. The molecule has 0 unspecified atom stereocenters. The maximum Gasteiger partial charge on any atom is 0.290 e. The van der Waals surface area contributed by atoms with Gasteiger partial charge in [0.05, 0.1) is 6.54 Å². The lowest BCUT2D eigenvalue weighted by Crippen LogP contribution is -2.26. The molecule has 2 heterocycles. The summed E-state index contributed by atoms with van der Waals surface area (Å²) in [4.78, 5) is 23.5. The molecule has 68 valence electrons. The maximum atomic E-state index is 11.1. The van der Waals surface area contributed by atoms with E-state index in [9.17, 15) is 9.59 Å². The van der Waals surface area contributed by atoms with Crippen LogP contribution in [0.3, 0.4) is 0 Å². The van der Waals surface area contributed by atoms with E-state index in [-0.39, 0.29) is 5.78 Å². The Balaban J connectivity index is 2.04. The second-order valence-electron chi connectivity index (χ2n) is 2.89. The lowest BCUT2D eigenvalue weighted by Gasteiger charge is -2.10. The van der Waals surface area contributed by atoms with Crippen LogP contribution in [0.5, 0.6) is 0 Å². The second-order valence-corrected chi connectivity index (χ2v) is 2.89. The first kappa shape index (κ1) is 7.97. The number of hydrogen-bond acceptors (Lipinski definition) is 4. The van der Waals surface area contributed by atoms with E-state index in [0.717, 1.165) is 0 Å². The zero-order chi connectivity index (χ0) is 9.26. The molecule has 0 spiro atoms. The molecule has 13 heavy (non-hydrogen) atoms. The summed E-state index contributed by atoms with van der Waals surface area (Å²) in [7, 11) is 0. The average molecular weight is 180 g/mol. The highest BCUT2D eigenvalue weighted by molar-refractivity contribution is 6.37. The summed E-state index contributed by atoms with van der Waals surface area (Å²) in [6, 6.07) is 1.68. The summed E-state index contributed by atoms with van der Waals surface area (Å²) in [6.07, 6.45) is 1.76. The summed E-state index contributed by atoms with van der Waals surface area (Å²) < 4.78 is 4.61. The number of amides is 1. The molecule has 1 aromatic heterocycles. The molecule has 5 nitrogen and oxygen atoms in total. The topological polar surface area (TPSA) is 63.4 Å². The fourth-order valence-corrected chi connectivity index (χ4v) is 1.29. The number of Topliss-reactive ketones (excluding diaryl/α,β-unsaturated/α-hetero) is 1. The number of likely N-dealkylation sites (tertiary alicyclic amines) is 1. The quantitative estimate of drug-likeness (QED) is 0.600. The van der Waals surface area contributed by atoms with Crippen LogP contribution < -0.4 is 0 Å². The molecule has 1 aliphatic rings. The molecule has 1 amide bonds. The van der Waals surface area contributed by atoms with E-state index in [0.29, 0.717) is 25.2 Å². The van der Waals surface area contributed by atoms with Crippen LogP contribution in [0.1, 0.15) is 12.1 Å². The number of rotatable bonds is 2. The third kappa shape index (κ3) is 1.44. The van der Waals surface area contributed by atoms with Crippen LogP contribution in [0, 0.1) is 0 Å². The second kappa shape index (κ2) is 3.01. The molecular formula is C8H8N2O3. The van der Waals surface area contributed by atoms with Gasteiger partial charge in [0.2, 0.25) is 5.78 Å². The van der Waals surface area contributed by atoms with Crippen LogP contribution in [0.4, 0.5) is 0 Å². The van der Waals surface area contributed by atoms with E-state index in [1.807, 2.05) is 0 Å². The third-order valence-electron chi connectivity index (χ3n) is 1.98. The van der Waals surface area contributed by atoms with Crippen molar-refractivity contribution in [1.29, 1.82) is 0 Å². The largest absolute Gasteiger partial charge is 0.364 e. The van der Waals surface area contributed by atoms with Crippen molar-refractivity contribution in [3.8, 4) is 0 Å². The van der Waals surface area contributed by atoms with Gasteiger partial charge in [0, 0.05) is 19.0 Å². The fourth-order valence-electron chi connectivity index (χ4n) is 1.29. The molecule has 0 N–H and O–H groups in total. The van der Waals surface area contributed by atoms with Crippen LogP contribution in [-0.2, 0) is 16.1 Å². The predicted molar refractivity (Wildman–Crippen MR) is 41.5 cm³/mol. The van der Waals surface area contributed by atoms with E-state index in [1.54, 1.807) is 6.07 Å². The van der Waals surface area contributed by atoms with Gasteiger partial charge in [-0.25, -0.2) is 0 Å². The first-order chi connectivity index (χ1) is 6.27. The Hall–Kier alpha value is -1.65. The number of nitrogens with zero attached hydrogens (tertiary/aromatic N) is 2. The van der Waals surface area contributed by atoms with Gasteiger partial charge in [-0.05, 0) is 0 Å². The molecule has 2 rings (SSSR count). The van der Waals surface area contributed by atoms with Gasteiger partial charge in [-0.2, -0.15) is 0 Å². The Kier molecular flexibility index (Phi) is 1.84. The van der Waals surface area contributed by atoms with Crippen LogP contribution in [0.15, 0.2) is 16.9 Å². The van der Waals surface area contributed by atoms with Crippen molar-refractivity contribution in [2.24, 2.45) is 0 Å². The van der Waals surface area contributed by atoms with E-state index in [2.05, 4.69) is 9.68 Å². The van der Waals surface area contributed by atoms with Crippen LogP contribution in [-0.4, -0.2) is 28.3 Å². The van der Waals surface area contributed by atoms with E-state index >= 15 is 0 Å². The molecule has 1 aromatic rings. The number of ketones is 1. The number of hydrogen-bond donors (Lipinski definition) is 0. The van der Waals surface area contributed by atoms with E-state index in [4.69, 9.17) is 0 Å². The summed E-state index contributed by atoms with van der Waals surface area (Å²) in [5.74, 6) is -0.730. The smallest absolute Gasteiger partial charge is 0.290 e. The summed E-state index contributed by atoms with van der Waals surface area (Å²) in [5.41, 5.74) is 0.669. The predicted octanol–water partition coefficient (Wildman–Crippen LogP) is -0.0240. The molecular weight excluding hydrogens is 172 g/mol. The lowest BCUT2D eigenvalue weighted by molar-refractivity contribution is -0.140. The van der Waals surface area contributed by atoms with Crippen molar-refractivity contribution in [2.75, 3.05) is 6.54 Å². The molecule has 0 radical (unpaired) electrons. The molecule has 0 bridgehead atoms. The lowest BCUT2D eigenvalue weighted by atomic mass is 10.3.